The van der Waals surface area contributed by atoms with Crippen LogP contribution in [0.25, 0.3) is 5.69 Å². The predicted molar refractivity (Wildman–Crippen MR) is 126 cm³/mol. The zero-order valence-electron chi connectivity index (χ0n) is 18.7. The van der Waals surface area contributed by atoms with Gasteiger partial charge in [-0.15, -0.1) is 12.4 Å². The molecular weight excluding hydrogens is 430 g/mol. The Morgan fingerprint density at radius 3 is 2.56 bits per heavy atom. The molecule has 0 spiro atoms. The topological polar surface area (TPSA) is 83.3 Å². The van der Waals surface area contributed by atoms with Crippen molar-refractivity contribution in [1.29, 1.82) is 0 Å². The third-order valence-corrected chi connectivity index (χ3v) is 4.56. The molecule has 8 nitrogen and oxygen atoms in total. The smallest absolute Gasteiger partial charge is 0.346 e. The molecule has 1 N–H and O–H groups in total. The second-order valence-electron chi connectivity index (χ2n) is 7.02. The Morgan fingerprint density at radius 2 is 1.78 bits per heavy atom. The molecule has 0 aliphatic heterocycles. The van der Waals surface area contributed by atoms with Crippen LogP contribution in [0.15, 0.2) is 48.5 Å². The predicted octanol–water partition coefficient (Wildman–Crippen LogP) is 4.57. The van der Waals surface area contributed by atoms with E-state index in [-0.39, 0.29) is 18.4 Å². The lowest BCUT2D eigenvalue weighted by molar-refractivity contribution is 0.129. The van der Waals surface area contributed by atoms with Gasteiger partial charge in [0, 0.05) is 19.8 Å². The number of nitrogens with zero attached hydrogens (tertiary/aromatic N) is 4. The van der Waals surface area contributed by atoms with Crippen LogP contribution in [0, 0.1) is 0 Å². The molecule has 1 aromatic heterocycles. The van der Waals surface area contributed by atoms with Gasteiger partial charge in [-0.1, -0.05) is 42.7 Å². The van der Waals surface area contributed by atoms with E-state index in [1.807, 2.05) is 55.5 Å². The van der Waals surface area contributed by atoms with E-state index in [0.717, 1.165) is 50.4 Å². The average Bonchev–Trinajstić information content (AvgIpc) is 3.26. The maximum Gasteiger partial charge on any atom is 0.346 e. The van der Waals surface area contributed by atoms with E-state index >= 15 is 0 Å². The summed E-state index contributed by atoms with van der Waals surface area (Å²) in [6.45, 7) is 7.94. The first kappa shape index (κ1) is 25.6. The second kappa shape index (κ2) is 14.4. The molecule has 0 unspecified atom stereocenters. The summed E-state index contributed by atoms with van der Waals surface area (Å²) in [7, 11) is 0. The van der Waals surface area contributed by atoms with Gasteiger partial charge < -0.3 is 19.5 Å². The lowest BCUT2D eigenvalue weighted by Crippen LogP contribution is -2.16. The third kappa shape index (κ3) is 7.78. The van der Waals surface area contributed by atoms with E-state index in [9.17, 15) is 0 Å². The van der Waals surface area contributed by atoms with Gasteiger partial charge >= 0.3 is 6.01 Å². The molecular formula is C23H32ClN5O3. The zero-order chi connectivity index (χ0) is 21.7. The van der Waals surface area contributed by atoms with Crippen molar-refractivity contribution >= 4 is 12.4 Å². The highest BCUT2D eigenvalue weighted by molar-refractivity contribution is 5.85. The SMILES string of the molecule is CCCCOCCCNCc1ccc(Oc2nnnn2-c2ccccc2)c(OCC)c1.Cl. The lowest BCUT2D eigenvalue weighted by Gasteiger charge is -2.13. The summed E-state index contributed by atoms with van der Waals surface area (Å²) in [4.78, 5) is 0. The number of tetrazole rings is 1. The van der Waals surface area contributed by atoms with Gasteiger partial charge in [-0.05, 0) is 66.6 Å². The zero-order valence-corrected chi connectivity index (χ0v) is 19.5. The van der Waals surface area contributed by atoms with Crippen molar-refractivity contribution in [3.8, 4) is 23.2 Å². The van der Waals surface area contributed by atoms with Crippen LogP contribution < -0.4 is 14.8 Å². The van der Waals surface area contributed by atoms with E-state index in [1.165, 1.54) is 6.42 Å². The number of benzene rings is 2. The molecule has 0 aliphatic carbocycles. The van der Waals surface area contributed by atoms with Gasteiger partial charge in [-0.25, -0.2) is 0 Å². The van der Waals surface area contributed by atoms with Crippen molar-refractivity contribution in [2.75, 3.05) is 26.4 Å². The molecule has 0 fully saturated rings. The molecule has 0 radical (unpaired) electrons. The number of para-hydroxylation sites is 1. The Bertz CT molecular complexity index is 908. The fourth-order valence-electron chi connectivity index (χ4n) is 2.97. The molecule has 0 saturated heterocycles. The van der Waals surface area contributed by atoms with Crippen molar-refractivity contribution < 1.29 is 14.2 Å². The number of unbranched alkanes of at least 4 members (excludes halogenated alkanes) is 1. The van der Waals surface area contributed by atoms with Crippen LogP contribution >= 0.6 is 12.4 Å². The highest BCUT2D eigenvalue weighted by Crippen LogP contribution is 2.32. The minimum atomic E-state index is 0. The van der Waals surface area contributed by atoms with Crippen LogP contribution in [0.1, 0.15) is 38.7 Å². The van der Waals surface area contributed by atoms with Crippen LogP contribution in [0.3, 0.4) is 0 Å². The summed E-state index contributed by atoms with van der Waals surface area (Å²) in [5.41, 5.74) is 1.94. The highest BCUT2D eigenvalue weighted by Gasteiger charge is 2.14. The van der Waals surface area contributed by atoms with Crippen molar-refractivity contribution in [2.24, 2.45) is 0 Å². The van der Waals surface area contributed by atoms with Gasteiger partial charge in [0.25, 0.3) is 0 Å². The Kier molecular flexibility index (Phi) is 11.5. The van der Waals surface area contributed by atoms with Crippen molar-refractivity contribution in [1.82, 2.24) is 25.5 Å². The number of ether oxygens (including phenoxy) is 3. The molecule has 9 heteroatoms. The minimum Gasteiger partial charge on any atom is -0.490 e. The third-order valence-electron chi connectivity index (χ3n) is 4.56. The van der Waals surface area contributed by atoms with Crippen LogP contribution in [0.5, 0.6) is 17.5 Å². The van der Waals surface area contributed by atoms with Crippen molar-refractivity contribution in [2.45, 2.75) is 39.7 Å². The van der Waals surface area contributed by atoms with Gasteiger partial charge in [-0.2, -0.15) is 4.68 Å². The molecule has 2 aromatic carbocycles. The summed E-state index contributed by atoms with van der Waals surface area (Å²) < 4.78 is 18.9. The highest BCUT2D eigenvalue weighted by atomic mass is 35.5. The van der Waals surface area contributed by atoms with Gasteiger partial charge in [0.15, 0.2) is 11.5 Å². The van der Waals surface area contributed by atoms with E-state index in [1.54, 1.807) is 4.68 Å². The monoisotopic (exact) mass is 461 g/mol. The Balaban J connectivity index is 0.00000363. The molecule has 32 heavy (non-hydrogen) atoms. The summed E-state index contributed by atoms with van der Waals surface area (Å²) in [6, 6.07) is 15.8. The average molecular weight is 462 g/mol. The number of nitrogens with one attached hydrogen (secondary N) is 1. The first-order valence-electron chi connectivity index (χ1n) is 10.9. The normalized spacial score (nSPS) is 10.6. The molecule has 0 saturated carbocycles. The molecule has 174 valence electrons. The first-order chi connectivity index (χ1) is 15.3. The summed E-state index contributed by atoms with van der Waals surface area (Å²) in [6.07, 6.45) is 3.28. The van der Waals surface area contributed by atoms with Gasteiger partial charge in [0.05, 0.1) is 12.3 Å². The van der Waals surface area contributed by atoms with Crippen LogP contribution in [-0.4, -0.2) is 46.6 Å². The summed E-state index contributed by atoms with van der Waals surface area (Å²) >= 11 is 0. The Hall–Kier alpha value is -2.68. The molecule has 0 atom stereocenters. The number of aromatic nitrogens is 4. The maximum atomic E-state index is 6.00. The molecule has 3 aromatic rings. The van der Waals surface area contributed by atoms with E-state index < -0.39 is 0 Å². The molecule has 0 bridgehead atoms. The molecule has 1 heterocycles. The van der Waals surface area contributed by atoms with E-state index in [4.69, 9.17) is 14.2 Å². The van der Waals surface area contributed by atoms with Crippen molar-refractivity contribution in [3.05, 3.63) is 54.1 Å². The quantitative estimate of drug-likeness (QED) is 0.352. The maximum absolute atomic E-state index is 6.00. The fraction of sp³-hybridized carbons (Fsp3) is 0.435. The number of rotatable bonds is 14. The number of halogens is 1. The molecule has 0 aliphatic rings. The molecule has 3 rings (SSSR count). The standard InChI is InChI=1S/C23H31N5O3.ClH/c1-3-5-15-29-16-9-14-24-18-19-12-13-21(22(17-19)30-4-2)31-23-25-26-27-28(23)20-10-7-6-8-11-20;/h6-8,10-13,17,24H,3-5,9,14-16,18H2,1-2H3;1H. The summed E-state index contributed by atoms with van der Waals surface area (Å²) in [5, 5.41) is 15.2. The van der Waals surface area contributed by atoms with E-state index in [0.29, 0.717) is 18.1 Å². The second-order valence-corrected chi connectivity index (χ2v) is 7.02. The van der Waals surface area contributed by atoms with Gasteiger partial charge in [0.1, 0.15) is 0 Å². The van der Waals surface area contributed by atoms with Crippen molar-refractivity contribution in [3.63, 3.8) is 0 Å². The van der Waals surface area contributed by atoms with Crippen LogP contribution in [0.4, 0.5) is 0 Å². The Labute approximate surface area is 195 Å². The fourth-order valence-corrected chi connectivity index (χ4v) is 2.97. The number of hydrogen-bond acceptors (Lipinski definition) is 7. The van der Waals surface area contributed by atoms with Crippen LogP contribution in [0.2, 0.25) is 0 Å². The Morgan fingerprint density at radius 1 is 0.969 bits per heavy atom. The largest absolute Gasteiger partial charge is 0.490 e. The molecule has 0 amide bonds. The van der Waals surface area contributed by atoms with Crippen LogP contribution in [-0.2, 0) is 11.3 Å². The van der Waals surface area contributed by atoms with Gasteiger partial charge in [0.2, 0.25) is 0 Å². The first-order valence-corrected chi connectivity index (χ1v) is 10.9. The minimum absolute atomic E-state index is 0. The van der Waals surface area contributed by atoms with Gasteiger partial charge in [-0.3, -0.25) is 0 Å². The summed E-state index contributed by atoms with van der Waals surface area (Å²) in [5.74, 6) is 1.23. The van der Waals surface area contributed by atoms with E-state index in [2.05, 4.69) is 27.8 Å². The lowest BCUT2D eigenvalue weighted by atomic mass is 10.2. The number of hydrogen-bond donors (Lipinski definition) is 1.